The van der Waals surface area contributed by atoms with Crippen molar-refractivity contribution in [2.45, 2.75) is 12.0 Å². The molecule has 0 bridgehead atoms. The van der Waals surface area contributed by atoms with Gasteiger partial charge in [0.1, 0.15) is 24.3 Å². The zero-order chi connectivity index (χ0) is 12.5. The van der Waals surface area contributed by atoms with Crippen molar-refractivity contribution in [1.82, 2.24) is 0 Å². The lowest BCUT2D eigenvalue weighted by molar-refractivity contribution is -0.0726. The number of rotatable bonds is 3. The van der Waals surface area contributed by atoms with E-state index in [1.807, 2.05) is 0 Å². The van der Waals surface area contributed by atoms with Gasteiger partial charge in [0, 0.05) is 5.56 Å². The lowest BCUT2D eigenvalue weighted by Gasteiger charge is -2.22. The van der Waals surface area contributed by atoms with E-state index in [1.54, 1.807) is 0 Å². The van der Waals surface area contributed by atoms with E-state index in [4.69, 9.17) is 10.8 Å². The van der Waals surface area contributed by atoms with Crippen LogP contribution in [0.2, 0.25) is 0 Å². The number of halogens is 5. The molecular formula is C9H8BrF4NO. The third-order valence-corrected chi connectivity index (χ3v) is 2.67. The Hall–Kier alpha value is -0.660. The molecule has 0 unspecified atom stereocenters. The average molecular weight is 302 g/mol. The maximum Gasteiger partial charge on any atom is 0.289 e. The van der Waals surface area contributed by atoms with Crippen molar-refractivity contribution in [1.29, 1.82) is 0 Å². The van der Waals surface area contributed by atoms with Crippen LogP contribution in [0.4, 0.5) is 17.6 Å². The summed E-state index contributed by atoms with van der Waals surface area (Å²) in [4.78, 5) is 0. The van der Waals surface area contributed by atoms with Crippen molar-refractivity contribution in [3.05, 3.63) is 33.8 Å². The molecule has 1 rings (SSSR count). The number of aliphatic hydroxyl groups is 1. The highest BCUT2D eigenvalue weighted by atomic mass is 79.9. The van der Waals surface area contributed by atoms with Crippen LogP contribution in [0.15, 0.2) is 16.6 Å². The van der Waals surface area contributed by atoms with Crippen LogP contribution < -0.4 is 5.73 Å². The van der Waals surface area contributed by atoms with E-state index in [-0.39, 0.29) is 4.47 Å². The average Bonchev–Trinajstić information content (AvgIpc) is 2.24. The van der Waals surface area contributed by atoms with Crippen molar-refractivity contribution < 1.29 is 22.7 Å². The molecule has 1 aromatic rings. The Balaban J connectivity index is 3.28. The fraction of sp³-hybridized carbons (Fsp3) is 0.333. The predicted octanol–water partition coefficient (Wildman–Crippen LogP) is 2.35. The van der Waals surface area contributed by atoms with Gasteiger partial charge in [0.15, 0.2) is 0 Å². The fourth-order valence-electron chi connectivity index (χ4n) is 1.14. The van der Waals surface area contributed by atoms with Crippen molar-refractivity contribution in [3.8, 4) is 0 Å². The van der Waals surface area contributed by atoms with E-state index in [0.717, 1.165) is 12.1 Å². The van der Waals surface area contributed by atoms with Crippen molar-refractivity contribution in [2.75, 3.05) is 6.61 Å². The molecule has 2 nitrogen and oxygen atoms in total. The molecule has 90 valence electrons. The molecular weight excluding hydrogens is 294 g/mol. The molecule has 0 aromatic heterocycles. The van der Waals surface area contributed by atoms with Crippen LogP contribution in [-0.2, 0) is 0 Å². The van der Waals surface area contributed by atoms with Gasteiger partial charge in [-0.25, -0.2) is 17.6 Å². The maximum atomic E-state index is 13.4. The largest absolute Gasteiger partial charge is 0.390 e. The monoisotopic (exact) mass is 301 g/mol. The minimum absolute atomic E-state index is 0.173. The van der Waals surface area contributed by atoms with Crippen LogP contribution in [0.3, 0.4) is 0 Å². The van der Waals surface area contributed by atoms with Crippen molar-refractivity contribution in [2.24, 2.45) is 5.73 Å². The van der Waals surface area contributed by atoms with Gasteiger partial charge in [-0.2, -0.15) is 0 Å². The molecule has 0 spiro atoms. The van der Waals surface area contributed by atoms with Crippen molar-refractivity contribution >= 4 is 15.9 Å². The Morgan fingerprint density at radius 2 is 1.94 bits per heavy atom. The zero-order valence-electron chi connectivity index (χ0n) is 7.85. The summed E-state index contributed by atoms with van der Waals surface area (Å²) >= 11 is 2.73. The Morgan fingerprint density at radius 1 is 1.38 bits per heavy atom. The Morgan fingerprint density at radius 3 is 2.44 bits per heavy atom. The fourth-order valence-corrected chi connectivity index (χ4v) is 1.48. The second-order valence-corrected chi connectivity index (χ2v) is 4.01. The van der Waals surface area contributed by atoms with Crippen molar-refractivity contribution in [3.63, 3.8) is 0 Å². The first kappa shape index (κ1) is 13.4. The topological polar surface area (TPSA) is 46.2 Å². The third kappa shape index (κ3) is 2.36. The van der Waals surface area contributed by atoms with Gasteiger partial charge < -0.3 is 10.8 Å². The quantitative estimate of drug-likeness (QED) is 0.665. The molecule has 0 heterocycles. The smallest absolute Gasteiger partial charge is 0.289 e. The standard InChI is InChI=1S/C9H8BrF4NO/c10-4-1-2-5(11)6(7(4)12)8(15)9(13,14)3-16/h1-2,8,16H,3,15H2/t8-/m1/s1. The molecule has 1 aromatic carbocycles. The van der Waals surface area contributed by atoms with Gasteiger partial charge in [-0.15, -0.1) is 0 Å². The van der Waals surface area contributed by atoms with Gasteiger partial charge >= 0.3 is 0 Å². The van der Waals surface area contributed by atoms with Gasteiger partial charge in [0.2, 0.25) is 0 Å². The van der Waals surface area contributed by atoms with E-state index in [1.165, 1.54) is 0 Å². The predicted molar refractivity (Wildman–Crippen MR) is 53.0 cm³/mol. The molecule has 0 fully saturated rings. The van der Waals surface area contributed by atoms with Crippen LogP contribution in [0.25, 0.3) is 0 Å². The van der Waals surface area contributed by atoms with E-state index >= 15 is 0 Å². The molecule has 0 aliphatic carbocycles. The van der Waals surface area contributed by atoms with Gasteiger partial charge in [0.05, 0.1) is 4.47 Å². The minimum Gasteiger partial charge on any atom is -0.390 e. The van der Waals surface area contributed by atoms with Crippen LogP contribution in [0, 0.1) is 11.6 Å². The van der Waals surface area contributed by atoms with Gasteiger partial charge in [-0.05, 0) is 28.1 Å². The molecule has 0 amide bonds. The maximum absolute atomic E-state index is 13.4. The summed E-state index contributed by atoms with van der Waals surface area (Å²) in [6.45, 7) is -1.58. The van der Waals surface area contributed by atoms with Gasteiger partial charge in [-0.1, -0.05) is 0 Å². The van der Waals surface area contributed by atoms with Crippen LogP contribution >= 0.6 is 15.9 Å². The number of aliphatic hydroxyl groups excluding tert-OH is 1. The van der Waals surface area contributed by atoms with E-state index in [2.05, 4.69) is 15.9 Å². The summed E-state index contributed by atoms with van der Waals surface area (Å²) in [5.74, 6) is -6.16. The number of alkyl halides is 2. The molecule has 7 heteroatoms. The number of nitrogens with two attached hydrogens (primary N) is 1. The highest BCUT2D eigenvalue weighted by Gasteiger charge is 2.40. The highest BCUT2D eigenvalue weighted by Crippen LogP contribution is 2.34. The first-order valence-corrected chi connectivity index (χ1v) is 4.98. The summed E-state index contributed by atoms with van der Waals surface area (Å²) in [5, 5.41) is 8.39. The normalized spacial score (nSPS) is 13.9. The van der Waals surface area contributed by atoms with Gasteiger partial charge in [0.25, 0.3) is 5.92 Å². The first-order chi connectivity index (χ1) is 7.31. The number of hydrogen-bond acceptors (Lipinski definition) is 2. The molecule has 0 aliphatic rings. The van der Waals surface area contributed by atoms with Crippen LogP contribution in [-0.4, -0.2) is 17.6 Å². The summed E-state index contributed by atoms with van der Waals surface area (Å²) in [6, 6.07) is -0.386. The molecule has 1 atom stereocenters. The van der Waals surface area contributed by atoms with Gasteiger partial charge in [-0.3, -0.25) is 0 Å². The number of benzene rings is 1. The second-order valence-electron chi connectivity index (χ2n) is 3.15. The molecule has 0 radical (unpaired) electrons. The lowest BCUT2D eigenvalue weighted by Crippen LogP contribution is -2.37. The zero-order valence-corrected chi connectivity index (χ0v) is 9.44. The Labute approximate surface area is 97.2 Å². The van der Waals surface area contributed by atoms with E-state index < -0.39 is 35.8 Å². The molecule has 3 N–H and O–H groups in total. The van der Waals surface area contributed by atoms with E-state index in [0.29, 0.717) is 0 Å². The first-order valence-electron chi connectivity index (χ1n) is 4.19. The second kappa shape index (κ2) is 4.68. The third-order valence-electron chi connectivity index (χ3n) is 2.06. The highest BCUT2D eigenvalue weighted by molar-refractivity contribution is 9.10. The SMILES string of the molecule is N[C@H](c1c(F)ccc(Br)c1F)C(F)(F)CO. The summed E-state index contributed by atoms with van der Waals surface area (Å²) < 4.78 is 52.4. The Kier molecular flexibility index (Phi) is 3.92. The van der Waals surface area contributed by atoms with E-state index in [9.17, 15) is 17.6 Å². The summed E-state index contributed by atoms with van der Waals surface area (Å²) in [7, 11) is 0. The summed E-state index contributed by atoms with van der Waals surface area (Å²) in [5.41, 5.74) is 4.09. The van der Waals surface area contributed by atoms with Crippen LogP contribution in [0.5, 0.6) is 0 Å². The number of hydrogen-bond donors (Lipinski definition) is 2. The molecule has 16 heavy (non-hydrogen) atoms. The lowest BCUT2D eigenvalue weighted by atomic mass is 10.0. The summed E-state index contributed by atoms with van der Waals surface area (Å²) in [6.07, 6.45) is 0. The minimum atomic E-state index is -3.79. The Bertz CT molecular complexity index is 399. The molecule has 0 aliphatic heterocycles. The molecule has 0 saturated heterocycles. The molecule has 0 saturated carbocycles. The van der Waals surface area contributed by atoms with Crippen LogP contribution in [0.1, 0.15) is 11.6 Å².